The van der Waals surface area contributed by atoms with Crippen LogP contribution in [0.25, 0.3) is 11.3 Å². The largest absolute Gasteiger partial charge is 0.489 e. The van der Waals surface area contributed by atoms with E-state index in [-0.39, 0.29) is 11.8 Å². The van der Waals surface area contributed by atoms with E-state index in [1.165, 1.54) is 5.56 Å². The molecule has 0 radical (unpaired) electrons. The number of ether oxygens (including phenoxy) is 2. The first-order valence-corrected chi connectivity index (χ1v) is 14.3. The molecule has 1 saturated heterocycles. The standard InChI is InChI=1S/C30H34ClN5O4/c31-22-4-1-19(2-5-22)17-40-23-6-8-24-20(15-23)3-7-25-27(24)33-30(32)34-28(25)36-11-9-35(10-12-36)13-14-39-18-21-16-26(21)29(37)38/h1-2,4-6,8,15,21,26H,3,7,9-14,16-18H2,(H,37,38)(H2,32,33,34). The van der Waals surface area contributed by atoms with Crippen molar-refractivity contribution >= 4 is 29.3 Å². The molecule has 2 fully saturated rings. The number of aliphatic carboxylic acids is 1. The van der Waals surface area contributed by atoms with Crippen molar-refractivity contribution in [1.82, 2.24) is 14.9 Å². The van der Waals surface area contributed by atoms with Gasteiger partial charge in [-0.3, -0.25) is 9.69 Å². The number of carboxylic acids is 1. The molecule has 1 aromatic heterocycles. The van der Waals surface area contributed by atoms with Crippen LogP contribution in [0, 0.1) is 11.8 Å². The summed E-state index contributed by atoms with van der Waals surface area (Å²) in [7, 11) is 0. The van der Waals surface area contributed by atoms with Crippen LogP contribution in [0.15, 0.2) is 42.5 Å². The monoisotopic (exact) mass is 563 g/mol. The van der Waals surface area contributed by atoms with Crippen molar-refractivity contribution in [3.05, 3.63) is 64.2 Å². The zero-order valence-corrected chi connectivity index (χ0v) is 23.1. The average Bonchev–Trinajstić information content (AvgIpc) is 3.75. The number of nitrogens with zero attached hydrogens (tertiary/aromatic N) is 4. The molecule has 2 aromatic carbocycles. The lowest BCUT2D eigenvalue weighted by molar-refractivity contribution is -0.139. The summed E-state index contributed by atoms with van der Waals surface area (Å²) in [6.07, 6.45) is 2.48. The van der Waals surface area contributed by atoms with Crippen LogP contribution in [-0.4, -0.2) is 71.9 Å². The average molecular weight is 564 g/mol. The van der Waals surface area contributed by atoms with Gasteiger partial charge in [0.1, 0.15) is 18.2 Å². The molecule has 0 spiro atoms. The SMILES string of the molecule is Nc1nc2c(c(N3CCN(CCOCC4CC4C(=O)O)CC3)n1)CCc1cc(OCc3ccc(Cl)cc3)ccc1-2. The molecule has 2 heterocycles. The predicted molar refractivity (Wildman–Crippen MR) is 154 cm³/mol. The van der Waals surface area contributed by atoms with E-state index in [4.69, 9.17) is 31.9 Å². The smallest absolute Gasteiger partial charge is 0.306 e. The summed E-state index contributed by atoms with van der Waals surface area (Å²) in [6.45, 7) is 6.03. The van der Waals surface area contributed by atoms with Crippen molar-refractivity contribution in [2.75, 3.05) is 56.6 Å². The molecule has 10 heteroatoms. The first kappa shape index (κ1) is 26.8. The number of aryl methyl sites for hydroxylation is 1. The molecule has 3 aliphatic rings. The van der Waals surface area contributed by atoms with E-state index >= 15 is 0 Å². The molecule has 40 heavy (non-hydrogen) atoms. The van der Waals surface area contributed by atoms with Gasteiger partial charge in [-0.1, -0.05) is 23.7 Å². The number of nitrogens with two attached hydrogens (primary N) is 1. The molecule has 0 bridgehead atoms. The van der Waals surface area contributed by atoms with E-state index < -0.39 is 5.97 Å². The van der Waals surface area contributed by atoms with Gasteiger partial charge in [0.2, 0.25) is 5.95 Å². The third-order valence-corrected chi connectivity index (χ3v) is 8.34. The zero-order chi connectivity index (χ0) is 27.6. The third kappa shape index (κ3) is 6.01. The highest BCUT2D eigenvalue weighted by molar-refractivity contribution is 6.30. The Morgan fingerprint density at radius 1 is 1.07 bits per heavy atom. The van der Waals surface area contributed by atoms with Crippen molar-refractivity contribution < 1.29 is 19.4 Å². The van der Waals surface area contributed by atoms with Crippen LogP contribution in [-0.2, 0) is 29.0 Å². The quantitative estimate of drug-likeness (QED) is 0.354. The van der Waals surface area contributed by atoms with Crippen LogP contribution in [0.4, 0.5) is 11.8 Å². The van der Waals surface area contributed by atoms with E-state index in [2.05, 4.69) is 31.9 Å². The number of halogens is 1. The number of carboxylic acid groups (broad SMARTS) is 1. The maximum absolute atomic E-state index is 11.0. The second kappa shape index (κ2) is 11.6. The molecule has 9 nitrogen and oxygen atoms in total. The Morgan fingerprint density at radius 3 is 2.62 bits per heavy atom. The van der Waals surface area contributed by atoms with Crippen molar-refractivity contribution in [2.45, 2.75) is 25.9 Å². The van der Waals surface area contributed by atoms with E-state index in [0.29, 0.717) is 30.8 Å². The Labute approximate surface area is 238 Å². The second-order valence-corrected chi connectivity index (χ2v) is 11.2. The highest BCUT2D eigenvalue weighted by Gasteiger charge is 2.43. The third-order valence-electron chi connectivity index (χ3n) is 8.09. The number of rotatable bonds is 10. The van der Waals surface area contributed by atoms with Crippen molar-refractivity contribution in [2.24, 2.45) is 11.8 Å². The van der Waals surface area contributed by atoms with Gasteiger partial charge in [-0.15, -0.1) is 0 Å². The number of hydrogen-bond donors (Lipinski definition) is 2. The Morgan fingerprint density at radius 2 is 1.88 bits per heavy atom. The summed E-state index contributed by atoms with van der Waals surface area (Å²) in [5, 5.41) is 9.74. The van der Waals surface area contributed by atoms with E-state index in [1.54, 1.807) is 0 Å². The van der Waals surface area contributed by atoms with Gasteiger partial charge in [0, 0.05) is 48.9 Å². The van der Waals surface area contributed by atoms with Gasteiger partial charge in [-0.05, 0) is 66.6 Å². The van der Waals surface area contributed by atoms with Gasteiger partial charge in [-0.2, -0.15) is 4.98 Å². The lowest BCUT2D eigenvalue weighted by Gasteiger charge is -2.37. The van der Waals surface area contributed by atoms with Gasteiger partial charge in [-0.25, -0.2) is 4.98 Å². The van der Waals surface area contributed by atoms with E-state index in [0.717, 1.165) is 85.9 Å². The number of benzene rings is 2. The lowest BCUT2D eigenvalue weighted by atomic mass is 9.88. The minimum absolute atomic E-state index is 0.183. The molecule has 3 N–H and O–H groups in total. The van der Waals surface area contributed by atoms with Gasteiger partial charge < -0.3 is 25.2 Å². The molecule has 2 aliphatic carbocycles. The van der Waals surface area contributed by atoms with Crippen molar-refractivity contribution in [3.8, 4) is 17.0 Å². The van der Waals surface area contributed by atoms with Crippen LogP contribution in [0.2, 0.25) is 5.02 Å². The number of carbonyl (C=O) groups is 1. The van der Waals surface area contributed by atoms with Crippen LogP contribution in [0.5, 0.6) is 5.75 Å². The number of aromatic nitrogens is 2. The highest BCUT2D eigenvalue weighted by Crippen LogP contribution is 2.39. The summed E-state index contributed by atoms with van der Waals surface area (Å²) in [5.41, 5.74) is 11.7. The van der Waals surface area contributed by atoms with Gasteiger partial charge in [0.05, 0.1) is 24.8 Å². The highest BCUT2D eigenvalue weighted by atomic mass is 35.5. The van der Waals surface area contributed by atoms with Crippen LogP contribution >= 0.6 is 11.6 Å². The van der Waals surface area contributed by atoms with Crippen molar-refractivity contribution in [3.63, 3.8) is 0 Å². The molecule has 210 valence electrons. The molecular weight excluding hydrogens is 530 g/mol. The molecule has 3 aromatic rings. The predicted octanol–water partition coefficient (Wildman–Crippen LogP) is 3.92. The summed E-state index contributed by atoms with van der Waals surface area (Å²) >= 11 is 5.99. The molecule has 6 rings (SSSR count). The first-order chi connectivity index (χ1) is 19.4. The maximum Gasteiger partial charge on any atom is 0.306 e. The van der Waals surface area contributed by atoms with Crippen LogP contribution < -0.4 is 15.4 Å². The number of hydrogen-bond acceptors (Lipinski definition) is 8. The zero-order valence-electron chi connectivity index (χ0n) is 22.4. The molecule has 1 saturated carbocycles. The summed E-state index contributed by atoms with van der Waals surface area (Å²) in [5.74, 6) is 1.34. The Hall–Kier alpha value is -3.40. The maximum atomic E-state index is 11.0. The topological polar surface area (TPSA) is 114 Å². The Balaban J connectivity index is 1.06. The lowest BCUT2D eigenvalue weighted by Crippen LogP contribution is -2.48. The van der Waals surface area contributed by atoms with Crippen LogP contribution in [0.3, 0.4) is 0 Å². The van der Waals surface area contributed by atoms with Crippen molar-refractivity contribution in [1.29, 1.82) is 0 Å². The van der Waals surface area contributed by atoms with E-state index in [9.17, 15) is 4.79 Å². The molecule has 1 aliphatic heterocycles. The molecule has 2 unspecified atom stereocenters. The Kier molecular flexibility index (Phi) is 7.78. The number of fused-ring (bicyclic) bond motifs is 3. The summed E-state index contributed by atoms with van der Waals surface area (Å²) in [6, 6.07) is 13.9. The second-order valence-electron chi connectivity index (χ2n) is 10.8. The summed E-state index contributed by atoms with van der Waals surface area (Å²) < 4.78 is 11.8. The molecule has 0 amide bonds. The van der Waals surface area contributed by atoms with E-state index in [1.807, 2.05) is 30.3 Å². The van der Waals surface area contributed by atoms with Gasteiger partial charge in [0.15, 0.2) is 0 Å². The summed E-state index contributed by atoms with van der Waals surface area (Å²) in [4.78, 5) is 25.0. The Bertz CT molecular complexity index is 1380. The fraction of sp³-hybridized carbons (Fsp3) is 0.433. The minimum Gasteiger partial charge on any atom is -0.489 e. The normalized spacial score (nSPS) is 20.1. The first-order valence-electron chi connectivity index (χ1n) is 13.9. The molecule has 2 atom stereocenters. The van der Waals surface area contributed by atoms with Gasteiger partial charge >= 0.3 is 5.97 Å². The van der Waals surface area contributed by atoms with Crippen LogP contribution in [0.1, 0.15) is 23.1 Å². The minimum atomic E-state index is -0.704. The fourth-order valence-electron chi connectivity index (χ4n) is 5.65. The number of piperazine rings is 1. The van der Waals surface area contributed by atoms with Gasteiger partial charge in [0.25, 0.3) is 0 Å². The number of anilines is 2. The fourth-order valence-corrected chi connectivity index (χ4v) is 5.78. The number of nitrogen functional groups attached to an aromatic ring is 1. The molecular formula is C30H34ClN5O4.